The quantitative estimate of drug-likeness (QED) is 0.617. The largest absolute Gasteiger partial charge is 0.465 e. The van der Waals surface area contributed by atoms with E-state index in [0.717, 1.165) is 19.0 Å². The number of rotatable bonds is 4. The molecule has 96 valence electrons. The van der Waals surface area contributed by atoms with Gasteiger partial charge in [0.05, 0.1) is 16.8 Å². The van der Waals surface area contributed by atoms with Gasteiger partial charge >= 0.3 is 5.97 Å². The Morgan fingerprint density at radius 2 is 2.39 bits per heavy atom. The number of carbonyl (C=O) groups excluding carboxylic acids is 1. The van der Waals surface area contributed by atoms with Crippen molar-refractivity contribution in [3.05, 3.63) is 22.7 Å². The number of hydrogen-bond acceptors (Lipinski definition) is 5. The summed E-state index contributed by atoms with van der Waals surface area (Å²) in [5.41, 5.74) is 0.952. The van der Waals surface area contributed by atoms with Crippen molar-refractivity contribution in [2.45, 2.75) is 23.4 Å². The van der Waals surface area contributed by atoms with Crippen LogP contribution in [0.5, 0.6) is 0 Å². The highest BCUT2D eigenvalue weighted by molar-refractivity contribution is 9.10. The second kappa shape index (κ2) is 6.04. The fourth-order valence-electron chi connectivity index (χ4n) is 1.39. The first-order chi connectivity index (χ1) is 8.60. The molecule has 2 rings (SSSR count). The fourth-order valence-corrected chi connectivity index (χ4v) is 3.93. The second-order valence-electron chi connectivity index (χ2n) is 3.60. The summed E-state index contributed by atoms with van der Waals surface area (Å²) in [4.78, 5) is 16.0. The number of aromatic nitrogens is 1. The zero-order chi connectivity index (χ0) is 13.1. The molecule has 0 aliphatic rings. The van der Waals surface area contributed by atoms with Gasteiger partial charge in [-0.25, -0.2) is 4.98 Å². The molecule has 1 aromatic carbocycles. The zero-order valence-electron chi connectivity index (χ0n) is 9.97. The van der Waals surface area contributed by atoms with Crippen LogP contribution in [0.1, 0.15) is 13.8 Å². The van der Waals surface area contributed by atoms with Crippen LogP contribution in [0.2, 0.25) is 0 Å². The number of carbonyl (C=O) groups is 1. The highest BCUT2D eigenvalue weighted by Crippen LogP contribution is 2.33. The summed E-state index contributed by atoms with van der Waals surface area (Å²) >= 11 is 6.45. The molecule has 1 aromatic heterocycles. The first-order valence-electron chi connectivity index (χ1n) is 5.49. The molecule has 6 heteroatoms. The molecule has 0 aliphatic carbocycles. The Morgan fingerprint density at radius 3 is 3.11 bits per heavy atom. The molecular weight excluding hydrogens is 334 g/mol. The lowest BCUT2D eigenvalue weighted by molar-refractivity contribution is -0.142. The lowest BCUT2D eigenvalue weighted by atomic mass is 10.3. The van der Waals surface area contributed by atoms with Crippen molar-refractivity contribution in [3.63, 3.8) is 0 Å². The Hall–Kier alpha value is -0.590. The minimum absolute atomic E-state index is 0.192. The van der Waals surface area contributed by atoms with Crippen LogP contribution in [-0.4, -0.2) is 22.8 Å². The van der Waals surface area contributed by atoms with E-state index < -0.39 is 0 Å². The monoisotopic (exact) mass is 345 g/mol. The fraction of sp³-hybridized carbons (Fsp3) is 0.333. The Morgan fingerprint density at radius 1 is 1.61 bits per heavy atom. The van der Waals surface area contributed by atoms with Crippen LogP contribution in [0, 0.1) is 0 Å². The topological polar surface area (TPSA) is 39.2 Å². The molecule has 1 unspecified atom stereocenters. The van der Waals surface area contributed by atoms with Gasteiger partial charge in [0.15, 0.2) is 4.34 Å². The summed E-state index contributed by atoms with van der Waals surface area (Å²) < 4.78 is 8.00. The van der Waals surface area contributed by atoms with Gasteiger partial charge in [-0.05, 0) is 32.0 Å². The van der Waals surface area contributed by atoms with Crippen LogP contribution in [-0.2, 0) is 9.53 Å². The average molecular weight is 346 g/mol. The van der Waals surface area contributed by atoms with E-state index in [1.54, 1.807) is 11.3 Å². The molecule has 3 nitrogen and oxygen atoms in total. The van der Waals surface area contributed by atoms with Gasteiger partial charge in [-0.3, -0.25) is 4.79 Å². The number of benzene rings is 1. The summed E-state index contributed by atoms with van der Waals surface area (Å²) in [5, 5.41) is -0.228. The Bertz CT molecular complexity index is 570. The predicted octanol–water partition coefficient (Wildman–Crippen LogP) is 4.10. The third-order valence-electron chi connectivity index (χ3n) is 2.23. The number of ether oxygens (including phenoxy) is 1. The van der Waals surface area contributed by atoms with Crippen LogP contribution in [0.15, 0.2) is 27.0 Å². The van der Waals surface area contributed by atoms with Crippen molar-refractivity contribution in [1.82, 2.24) is 4.98 Å². The van der Waals surface area contributed by atoms with E-state index in [9.17, 15) is 4.79 Å². The maximum Gasteiger partial charge on any atom is 0.319 e. The van der Waals surface area contributed by atoms with E-state index in [-0.39, 0.29) is 11.2 Å². The lowest BCUT2D eigenvalue weighted by Crippen LogP contribution is -2.16. The van der Waals surface area contributed by atoms with Crippen LogP contribution < -0.4 is 0 Å². The molecule has 0 saturated heterocycles. The van der Waals surface area contributed by atoms with Crippen molar-refractivity contribution in [2.24, 2.45) is 0 Å². The van der Waals surface area contributed by atoms with Gasteiger partial charge in [0.2, 0.25) is 0 Å². The zero-order valence-corrected chi connectivity index (χ0v) is 13.2. The van der Waals surface area contributed by atoms with Gasteiger partial charge in [0.25, 0.3) is 0 Å². The standard InChI is InChI=1S/C12H12BrNO2S2/c1-3-16-11(15)7(2)17-12-14-9-6-8(13)4-5-10(9)18-12/h4-7H,3H2,1-2H3. The number of hydrogen-bond donors (Lipinski definition) is 0. The molecule has 0 radical (unpaired) electrons. The smallest absolute Gasteiger partial charge is 0.319 e. The Balaban J connectivity index is 2.14. The average Bonchev–Trinajstić information content (AvgIpc) is 2.70. The molecule has 18 heavy (non-hydrogen) atoms. The normalized spacial score (nSPS) is 12.6. The van der Waals surface area contributed by atoms with E-state index >= 15 is 0 Å². The molecule has 0 bridgehead atoms. The number of fused-ring (bicyclic) bond motifs is 1. The molecule has 1 heterocycles. The third kappa shape index (κ3) is 3.24. The van der Waals surface area contributed by atoms with E-state index in [4.69, 9.17) is 4.74 Å². The maximum absolute atomic E-state index is 11.5. The van der Waals surface area contributed by atoms with Crippen molar-refractivity contribution in [1.29, 1.82) is 0 Å². The number of thiazole rings is 1. The van der Waals surface area contributed by atoms with E-state index in [1.807, 2.05) is 32.0 Å². The highest BCUT2D eigenvalue weighted by Gasteiger charge is 2.17. The summed E-state index contributed by atoms with van der Waals surface area (Å²) in [5.74, 6) is -0.192. The summed E-state index contributed by atoms with van der Waals surface area (Å²) in [6.07, 6.45) is 0. The predicted molar refractivity (Wildman–Crippen MR) is 79.3 cm³/mol. The highest BCUT2D eigenvalue weighted by atomic mass is 79.9. The van der Waals surface area contributed by atoms with Gasteiger partial charge in [0, 0.05) is 4.47 Å². The molecule has 0 fully saturated rings. The van der Waals surface area contributed by atoms with Gasteiger partial charge in [-0.15, -0.1) is 11.3 Å². The van der Waals surface area contributed by atoms with Gasteiger partial charge in [0.1, 0.15) is 5.25 Å². The molecule has 0 spiro atoms. The first-order valence-corrected chi connectivity index (χ1v) is 7.98. The molecule has 2 aromatic rings. The van der Waals surface area contributed by atoms with Gasteiger partial charge in [-0.1, -0.05) is 27.7 Å². The SMILES string of the molecule is CCOC(=O)C(C)Sc1nc2cc(Br)ccc2s1. The molecule has 0 aliphatic heterocycles. The minimum Gasteiger partial charge on any atom is -0.465 e. The number of thioether (sulfide) groups is 1. The lowest BCUT2D eigenvalue weighted by Gasteiger charge is -2.07. The maximum atomic E-state index is 11.5. The molecule has 0 saturated carbocycles. The first kappa shape index (κ1) is 13.8. The number of esters is 1. The van der Waals surface area contributed by atoms with Crippen molar-refractivity contribution >= 4 is 55.2 Å². The van der Waals surface area contributed by atoms with Crippen molar-refractivity contribution in [3.8, 4) is 0 Å². The van der Waals surface area contributed by atoms with E-state index in [2.05, 4.69) is 20.9 Å². The summed E-state index contributed by atoms with van der Waals surface area (Å²) in [7, 11) is 0. The van der Waals surface area contributed by atoms with Crippen molar-refractivity contribution in [2.75, 3.05) is 6.61 Å². The van der Waals surface area contributed by atoms with Crippen LogP contribution in [0.4, 0.5) is 0 Å². The molecule has 0 amide bonds. The minimum atomic E-state index is -0.228. The van der Waals surface area contributed by atoms with Crippen LogP contribution >= 0.6 is 39.0 Å². The molecule has 0 N–H and O–H groups in total. The molecular formula is C12H12BrNO2S2. The summed E-state index contributed by atoms with van der Waals surface area (Å²) in [6, 6.07) is 5.99. The number of nitrogens with zero attached hydrogens (tertiary/aromatic N) is 1. The van der Waals surface area contributed by atoms with Gasteiger partial charge in [-0.2, -0.15) is 0 Å². The second-order valence-corrected chi connectivity index (χ2v) is 7.14. The van der Waals surface area contributed by atoms with Crippen LogP contribution in [0.3, 0.4) is 0 Å². The van der Waals surface area contributed by atoms with Crippen molar-refractivity contribution < 1.29 is 9.53 Å². The van der Waals surface area contributed by atoms with Crippen LogP contribution in [0.25, 0.3) is 10.2 Å². The molecule has 1 atom stereocenters. The summed E-state index contributed by atoms with van der Waals surface area (Å²) in [6.45, 7) is 4.06. The Kier molecular flexibility index (Phi) is 4.64. The Labute approximate surface area is 122 Å². The van der Waals surface area contributed by atoms with E-state index in [0.29, 0.717) is 6.61 Å². The van der Waals surface area contributed by atoms with Gasteiger partial charge < -0.3 is 4.74 Å². The van der Waals surface area contributed by atoms with E-state index in [1.165, 1.54) is 11.8 Å². The third-order valence-corrected chi connectivity index (χ3v) is 4.93. The number of halogens is 1.